The van der Waals surface area contributed by atoms with E-state index in [1.807, 2.05) is 34.2 Å². The predicted octanol–water partition coefficient (Wildman–Crippen LogP) is 4.07. The second kappa shape index (κ2) is 8.86. The molecule has 2 saturated heterocycles. The number of nitrogens with one attached hydrogen (secondary N) is 1. The third-order valence-corrected chi connectivity index (χ3v) is 6.41. The molecule has 0 aliphatic carbocycles. The third-order valence-electron chi connectivity index (χ3n) is 6.41. The van der Waals surface area contributed by atoms with E-state index in [4.69, 9.17) is 0 Å². The number of carbonyl (C=O) groups is 2. The summed E-state index contributed by atoms with van der Waals surface area (Å²) in [4.78, 5) is 32.6. The van der Waals surface area contributed by atoms with Crippen LogP contribution < -0.4 is 5.32 Å². The van der Waals surface area contributed by atoms with Crippen molar-refractivity contribution < 1.29 is 9.59 Å². The van der Waals surface area contributed by atoms with E-state index in [2.05, 4.69) is 42.3 Å². The minimum Gasteiger partial charge on any atom is -0.341 e. The highest BCUT2D eigenvalue weighted by Crippen LogP contribution is 2.30. The Kier molecular flexibility index (Phi) is 6.02. The molecule has 158 valence electrons. The van der Waals surface area contributed by atoms with E-state index in [1.165, 1.54) is 11.1 Å². The molecule has 1 unspecified atom stereocenters. The van der Waals surface area contributed by atoms with Crippen LogP contribution in [0.5, 0.6) is 0 Å². The molecule has 30 heavy (non-hydrogen) atoms. The molecule has 0 radical (unpaired) electrons. The zero-order chi connectivity index (χ0) is 21.1. The lowest BCUT2D eigenvalue weighted by Gasteiger charge is -2.40. The minimum absolute atomic E-state index is 0.0617. The molecule has 6 nitrogen and oxygen atoms in total. The van der Waals surface area contributed by atoms with Crippen molar-refractivity contribution in [1.29, 1.82) is 0 Å². The fourth-order valence-corrected chi connectivity index (χ4v) is 3.98. The first kappa shape index (κ1) is 20.4. The van der Waals surface area contributed by atoms with Crippen LogP contribution in [-0.2, 0) is 4.79 Å². The Morgan fingerprint density at radius 3 is 2.33 bits per heavy atom. The summed E-state index contributed by atoms with van der Waals surface area (Å²) in [5.41, 5.74) is 3.21. The van der Waals surface area contributed by atoms with Gasteiger partial charge in [0.1, 0.15) is 0 Å². The molecule has 2 aliphatic rings. The molecule has 1 aromatic carbocycles. The largest absolute Gasteiger partial charge is 0.341 e. The average molecular weight is 407 g/mol. The van der Waals surface area contributed by atoms with Gasteiger partial charge in [-0.25, -0.2) is 4.79 Å². The predicted molar refractivity (Wildman–Crippen MR) is 117 cm³/mol. The summed E-state index contributed by atoms with van der Waals surface area (Å²) in [6.07, 6.45) is 5.32. The first-order valence-electron chi connectivity index (χ1n) is 10.9. The molecular weight excluding hydrogens is 376 g/mol. The summed E-state index contributed by atoms with van der Waals surface area (Å²) in [5, 5.41) is 2.98. The first-order valence-corrected chi connectivity index (χ1v) is 10.9. The standard InChI is InChI=1S/C24H30N4O2/c1-3-17(2)11-23(29)27-13-20(14-27)18-6-8-22(9-7-18)26-24(30)28-15-21(16-28)19-5-4-10-25-12-19/h4-10,12,17,20-21H,3,11,13-16H2,1-2H3,(H,26,30). The highest BCUT2D eigenvalue weighted by molar-refractivity contribution is 5.90. The van der Waals surface area contributed by atoms with Crippen LogP contribution >= 0.6 is 0 Å². The number of amides is 3. The molecule has 2 aliphatic heterocycles. The molecule has 1 atom stereocenters. The maximum absolute atomic E-state index is 12.4. The second-order valence-electron chi connectivity index (χ2n) is 8.65. The SMILES string of the molecule is CCC(C)CC(=O)N1CC(c2ccc(NC(=O)N3CC(c4cccnc4)C3)cc2)C1. The highest BCUT2D eigenvalue weighted by atomic mass is 16.2. The van der Waals surface area contributed by atoms with Gasteiger partial charge in [0, 0.05) is 62.5 Å². The van der Waals surface area contributed by atoms with Gasteiger partial charge in [-0.05, 0) is 35.2 Å². The van der Waals surface area contributed by atoms with Gasteiger partial charge >= 0.3 is 6.03 Å². The summed E-state index contributed by atoms with van der Waals surface area (Å²) in [6, 6.07) is 12.0. The van der Waals surface area contributed by atoms with E-state index in [0.717, 1.165) is 38.3 Å². The Labute approximate surface area is 178 Å². The van der Waals surface area contributed by atoms with E-state index >= 15 is 0 Å². The van der Waals surface area contributed by atoms with Crippen molar-refractivity contribution >= 4 is 17.6 Å². The molecule has 1 N–H and O–H groups in total. The minimum atomic E-state index is -0.0617. The number of benzene rings is 1. The van der Waals surface area contributed by atoms with Crippen LogP contribution in [0.4, 0.5) is 10.5 Å². The first-order chi connectivity index (χ1) is 14.5. The maximum Gasteiger partial charge on any atom is 0.321 e. The number of likely N-dealkylation sites (tertiary alicyclic amines) is 2. The van der Waals surface area contributed by atoms with Crippen molar-refractivity contribution in [2.75, 3.05) is 31.5 Å². The zero-order valence-electron chi connectivity index (χ0n) is 17.8. The Bertz CT molecular complexity index is 872. The molecule has 0 saturated carbocycles. The van der Waals surface area contributed by atoms with Crippen molar-refractivity contribution in [3.8, 4) is 0 Å². The van der Waals surface area contributed by atoms with E-state index in [9.17, 15) is 9.59 Å². The molecule has 2 fully saturated rings. The van der Waals surface area contributed by atoms with Gasteiger partial charge < -0.3 is 15.1 Å². The molecule has 0 spiro atoms. The maximum atomic E-state index is 12.4. The van der Waals surface area contributed by atoms with Crippen LogP contribution in [0.25, 0.3) is 0 Å². The molecular formula is C24H30N4O2. The van der Waals surface area contributed by atoms with Crippen molar-refractivity contribution in [2.24, 2.45) is 5.92 Å². The van der Waals surface area contributed by atoms with E-state index < -0.39 is 0 Å². The summed E-state index contributed by atoms with van der Waals surface area (Å²) in [6.45, 7) is 7.28. The molecule has 6 heteroatoms. The molecule has 4 rings (SSSR count). The Hall–Kier alpha value is -2.89. The number of hydrogen-bond acceptors (Lipinski definition) is 3. The summed E-state index contributed by atoms with van der Waals surface area (Å²) in [7, 11) is 0. The Morgan fingerprint density at radius 1 is 1.03 bits per heavy atom. The van der Waals surface area contributed by atoms with Crippen molar-refractivity contribution in [3.05, 3.63) is 59.9 Å². The molecule has 3 heterocycles. The van der Waals surface area contributed by atoms with Crippen LogP contribution in [0.3, 0.4) is 0 Å². The number of aromatic nitrogens is 1. The van der Waals surface area contributed by atoms with Gasteiger partial charge in [0.05, 0.1) is 0 Å². The zero-order valence-corrected chi connectivity index (χ0v) is 17.8. The van der Waals surface area contributed by atoms with Gasteiger partial charge in [-0.2, -0.15) is 0 Å². The highest BCUT2D eigenvalue weighted by Gasteiger charge is 2.33. The Morgan fingerprint density at radius 2 is 1.70 bits per heavy atom. The monoisotopic (exact) mass is 406 g/mol. The number of nitrogens with zero attached hydrogens (tertiary/aromatic N) is 3. The van der Waals surface area contributed by atoms with Gasteiger partial charge in [-0.15, -0.1) is 0 Å². The molecule has 3 amide bonds. The number of urea groups is 1. The van der Waals surface area contributed by atoms with Gasteiger partial charge in [0.2, 0.25) is 5.91 Å². The van der Waals surface area contributed by atoms with Crippen molar-refractivity contribution in [1.82, 2.24) is 14.8 Å². The lowest BCUT2D eigenvalue weighted by Crippen LogP contribution is -2.50. The van der Waals surface area contributed by atoms with Crippen molar-refractivity contribution in [2.45, 2.75) is 38.5 Å². The van der Waals surface area contributed by atoms with E-state index in [-0.39, 0.29) is 11.9 Å². The second-order valence-corrected chi connectivity index (χ2v) is 8.65. The van der Waals surface area contributed by atoms with Crippen LogP contribution in [0, 0.1) is 5.92 Å². The Balaban J connectivity index is 1.22. The third kappa shape index (κ3) is 4.48. The summed E-state index contributed by atoms with van der Waals surface area (Å²) in [5.74, 6) is 1.48. The van der Waals surface area contributed by atoms with Crippen LogP contribution in [0.2, 0.25) is 0 Å². The van der Waals surface area contributed by atoms with Crippen LogP contribution in [0.1, 0.15) is 49.7 Å². The number of hydrogen-bond donors (Lipinski definition) is 1. The lowest BCUT2D eigenvalue weighted by atomic mass is 9.90. The molecule has 2 aromatic rings. The summed E-state index contributed by atoms with van der Waals surface area (Å²) >= 11 is 0. The molecule has 1 aromatic heterocycles. The van der Waals surface area contributed by atoms with E-state index in [0.29, 0.717) is 24.2 Å². The van der Waals surface area contributed by atoms with Gasteiger partial charge in [0.15, 0.2) is 0 Å². The molecule has 0 bridgehead atoms. The fraction of sp³-hybridized carbons (Fsp3) is 0.458. The number of carbonyl (C=O) groups excluding carboxylic acids is 2. The van der Waals surface area contributed by atoms with Crippen LogP contribution in [0.15, 0.2) is 48.8 Å². The summed E-state index contributed by atoms with van der Waals surface area (Å²) < 4.78 is 0. The van der Waals surface area contributed by atoms with E-state index in [1.54, 1.807) is 6.20 Å². The van der Waals surface area contributed by atoms with Gasteiger partial charge in [-0.1, -0.05) is 38.5 Å². The van der Waals surface area contributed by atoms with Gasteiger partial charge in [-0.3, -0.25) is 9.78 Å². The number of pyridine rings is 1. The smallest absolute Gasteiger partial charge is 0.321 e. The quantitative estimate of drug-likeness (QED) is 0.786. The number of anilines is 1. The average Bonchev–Trinajstić information content (AvgIpc) is 2.67. The van der Waals surface area contributed by atoms with Crippen LogP contribution in [-0.4, -0.2) is 52.9 Å². The van der Waals surface area contributed by atoms with Gasteiger partial charge in [0.25, 0.3) is 0 Å². The normalized spacial score (nSPS) is 17.8. The number of rotatable bonds is 6. The van der Waals surface area contributed by atoms with Crippen molar-refractivity contribution in [3.63, 3.8) is 0 Å². The topological polar surface area (TPSA) is 65.5 Å². The fourth-order valence-electron chi connectivity index (χ4n) is 3.98. The lowest BCUT2D eigenvalue weighted by molar-refractivity contribution is -0.136.